The van der Waals surface area contributed by atoms with Gasteiger partial charge in [-0.2, -0.15) is 0 Å². The van der Waals surface area contributed by atoms with Gasteiger partial charge in [0.1, 0.15) is 24.9 Å². The van der Waals surface area contributed by atoms with Crippen LogP contribution >= 0.6 is 0 Å². The fourth-order valence-corrected chi connectivity index (χ4v) is 3.49. The average Bonchev–Trinajstić information content (AvgIpc) is 2.75. The summed E-state index contributed by atoms with van der Waals surface area (Å²) in [5.41, 5.74) is -0.599. The SMILES string of the molecule is CC(=O)OC[C@@]12C(O)[C@@]3(C)O[C@@H]1[C@@H](C=C[C@@H]2C)O3. The number of esters is 1. The van der Waals surface area contributed by atoms with Crippen molar-refractivity contribution in [1.82, 2.24) is 0 Å². The highest BCUT2D eigenvalue weighted by atomic mass is 16.8. The molecule has 0 aromatic heterocycles. The van der Waals surface area contributed by atoms with E-state index in [4.69, 9.17) is 14.2 Å². The molecule has 1 aliphatic carbocycles. The molecule has 0 spiro atoms. The van der Waals surface area contributed by atoms with Crippen LogP contribution in [-0.4, -0.2) is 41.8 Å². The number of allylic oxidation sites excluding steroid dienone is 1. The first-order valence-corrected chi connectivity index (χ1v) is 6.25. The molecule has 3 rings (SSSR count). The third-order valence-corrected chi connectivity index (χ3v) is 4.53. The summed E-state index contributed by atoms with van der Waals surface area (Å²) in [6.07, 6.45) is 2.76. The molecule has 0 saturated carbocycles. The Morgan fingerprint density at radius 3 is 2.78 bits per heavy atom. The number of hydrogen-bond acceptors (Lipinski definition) is 5. The van der Waals surface area contributed by atoms with Crippen molar-refractivity contribution < 1.29 is 24.1 Å². The minimum Gasteiger partial charge on any atom is -0.465 e. The van der Waals surface area contributed by atoms with Crippen LogP contribution in [0.2, 0.25) is 0 Å². The van der Waals surface area contributed by atoms with Crippen LogP contribution < -0.4 is 0 Å². The predicted octanol–water partition coefficient (Wildman–Crippen LogP) is 0.616. The zero-order valence-corrected chi connectivity index (χ0v) is 10.8. The lowest BCUT2D eigenvalue weighted by Crippen LogP contribution is -2.61. The van der Waals surface area contributed by atoms with Crippen LogP contribution in [0, 0.1) is 11.3 Å². The minimum absolute atomic E-state index is 0.0684. The van der Waals surface area contributed by atoms with Crippen molar-refractivity contribution in [2.45, 2.75) is 44.9 Å². The molecule has 0 aromatic rings. The second kappa shape index (κ2) is 3.56. The molecule has 0 radical (unpaired) electrons. The van der Waals surface area contributed by atoms with Gasteiger partial charge in [0.05, 0.1) is 5.41 Å². The zero-order valence-electron chi connectivity index (χ0n) is 10.8. The van der Waals surface area contributed by atoms with E-state index in [0.29, 0.717) is 0 Å². The summed E-state index contributed by atoms with van der Waals surface area (Å²) in [5, 5.41) is 10.5. The Morgan fingerprint density at radius 2 is 2.17 bits per heavy atom. The monoisotopic (exact) mass is 254 g/mol. The Kier molecular flexibility index (Phi) is 2.40. The number of hydrogen-bond donors (Lipinski definition) is 1. The molecule has 2 heterocycles. The molecule has 100 valence electrons. The highest BCUT2D eigenvalue weighted by Gasteiger charge is 2.72. The van der Waals surface area contributed by atoms with Crippen molar-refractivity contribution in [3.8, 4) is 0 Å². The lowest BCUT2D eigenvalue weighted by Gasteiger charge is -2.47. The van der Waals surface area contributed by atoms with Gasteiger partial charge in [-0.15, -0.1) is 0 Å². The predicted molar refractivity (Wildman–Crippen MR) is 61.5 cm³/mol. The first-order chi connectivity index (χ1) is 8.40. The number of aliphatic hydroxyl groups is 1. The lowest BCUT2D eigenvalue weighted by atomic mass is 9.63. The topological polar surface area (TPSA) is 65.0 Å². The molecule has 1 unspecified atom stereocenters. The number of ether oxygens (including phenoxy) is 3. The smallest absolute Gasteiger partial charge is 0.302 e. The molecule has 2 fully saturated rings. The summed E-state index contributed by atoms with van der Waals surface area (Å²) >= 11 is 0. The molecule has 0 amide bonds. The van der Waals surface area contributed by atoms with E-state index in [1.807, 2.05) is 19.1 Å². The first kappa shape index (κ1) is 12.1. The summed E-state index contributed by atoms with van der Waals surface area (Å²) in [5.74, 6) is -1.27. The van der Waals surface area contributed by atoms with Crippen molar-refractivity contribution in [2.24, 2.45) is 11.3 Å². The van der Waals surface area contributed by atoms with Crippen molar-refractivity contribution >= 4 is 5.97 Å². The lowest BCUT2D eigenvalue weighted by molar-refractivity contribution is -0.220. The van der Waals surface area contributed by atoms with Crippen LogP contribution in [0.5, 0.6) is 0 Å². The normalized spacial score (nSPS) is 52.7. The van der Waals surface area contributed by atoms with Crippen LogP contribution in [0.3, 0.4) is 0 Å². The van der Waals surface area contributed by atoms with Crippen molar-refractivity contribution in [3.05, 3.63) is 12.2 Å². The number of aliphatic hydroxyl groups excluding tert-OH is 1. The maximum absolute atomic E-state index is 11.1. The largest absolute Gasteiger partial charge is 0.465 e. The van der Waals surface area contributed by atoms with Gasteiger partial charge in [-0.3, -0.25) is 4.79 Å². The number of fused-ring (bicyclic) bond motifs is 1. The van der Waals surface area contributed by atoms with Gasteiger partial charge >= 0.3 is 5.97 Å². The minimum atomic E-state index is -0.992. The first-order valence-electron chi connectivity index (χ1n) is 6.25. The molecule has 0 aromatic carbocycles. The van der Waals surface area contributed by atoms with Crippen LogP contribution in [-0.2, 0) is 19.0 Å². The highest BCUT2D eigenvalue weighted by Crippen LogP contribution is 2.59. The summed E-state index contributed by atoms with van der Waals surface area (Å²) in [7, 11) is 0. The quantitative estimate of drug-likeness (QED) is 0.578. The second-order valence-electron chi connectivity index (χ2n) is 5.61. The Labute approximate surface area is 106 Å². The molecule has 6 atom stereocenters. The fraction of sp³-hybridized carbons (Fsp3) is 0.769. The summed E-state index contributed by atoms with van der Waals surface area (Å²) in [6, 6.07) is 0. The third kappa shape index (κ3) is 1.30. The number of carbonyl (C=O) groups excluding carboxylic acids is 1. The molecular formula is C13H18O5. The van der Waals surface area contributed by atoms with E-state index >= 15 is 0 Å². The molecule has 2 aliphatic heterocycles. The van der Waals surface area contributed by atoms with E-state index in [2.05, 4.69) is 0 Å². The highest BCUT2D eigenvalue weighted by molar-refractivity contribution is 5.66. The van der Waals surface area contributed by atoms with Gasteiger partial charge in [0.2, 0.25) is 0 Å². The standard InChI is InChI=1S/C13H18O5/c1-7-4-5-9-10-13(7,6-16-8(2)14)11(15)12(3,17-9)18-10/h4-5,7,9-11,15H,6H2,1-3H3/t7-,9+,10+,11?,12+,13-/m0/s1. The van der Waals surface area contributed by atoms with Gasteiger partial charge in [-0.1, -0.05) is 19.1 Å². The Hall–Kier alpha value is -0.910. The molecule has 2 bridgehead atoms. The molecule has 1 N–H and O–H groups in total. The molecule has 5 nitrogen and oxygen atoms in total. The fourth-order valence-electron chi connectivity index (χ4n) is 3.49. The zero-order chi connectivity index (χ0) is 13.1. The van der Waals surface area contributed by atoms with E-state index in [-0.39, 0.29) is 30.7 Å². The van der Waals surface area contributed by atoms with Gasteiger partial charge in [0.15, 0.2) is 5.79 Å². The van der Waals surface area contributed by atoms with E-state index < -0.39 is 17.3 Å². The summed E-state index contributed by atoms with van der Waals surface area (Å²) in [4.78, 5) is 11.1. The van der Waals surface area contributed by atoms with E-state index in [1.165, 1.54) is 6.92 Å². The maximum atomic E-state index is 11.1. The molecular weight excluding hydrogens is 236 g/mol. The molecule has 5 heteroatoms. The van der Waals surface area contributed by atoms with Crippen LogP contribution in [0.1, 0.15) is 20.8 Å². The van der Waals surface area contributed by atoms with Crippen LogP contribution in [0.15, 0.2) is 12.2 Å². The van der Waals surface area contributed by atoms with Crippen molar-refractivity contribution in [3.63, 3.8) is 0 Å². The van der Waals surface area contributed by atoms with E-state index in [9.17, 15) is 9.90 Å². The van der Waals surface area contributed by atoms with Gasteiger partial charge in [0, 0.05) is 6.92 Å². The maximum Gasteiger partial charge on any atom is 0.302 e. The average molecular weight is 254 g/mol. The Bertz CT molecular complexity index is 420. The Morgan fingerprint density at radius 1 is 1.44 bits per heavy atom. The van der Waals surface area contributed by atoms with Gasteiger partial charge in [0.25, 0.3) is 0 Å². The Balaban J connectivity index is 1.99. The van der Waals surface area contributed by atoms with E-state index in [1.54, 1.807) is 6.92 Å². The van der Waals surface area contributed by atoms with Crippen LogP contribution in [0.25, 0.3) is 0 Å². The number of carbonyl (C=O) groups is 1. The van der Waals surface area contributed by atoms with Crippen molar-refractivity contribution in [2.75, 3.05) is 6.61 Å². The van der Waals surface area contributed by atoms with Crippen LogP contribution in [0.4, 0.5) is 0 Å². The van der Waals surface area contributed by atoms with Gasteiger partial charge < -0.3 is 19.3 Å². The summed E-state index contributed by atoms with van der Waals surface area (Å²) in [6.45, 7) is 5.28. The number of rotatable bonds is 2. The van der Waals surface area contributed by atoms with Gasteiger partial charge in [-0.05, 0) is 12.8 Å². The second-order valence-corrected chi connectivity index (χ2v) is 5.61. The van der Waals surface area contributed by atoms with Crippen molar-refractivity contribution in [1.29, 1.82) is 0 Å². The summed E-state index contributed by atoms with van der Waals surface area (Å²) < 4.78 is 16.7. The van der Waals surface area contributed by atoms with Gasteiger partial charge in [-0.25, -0.2) is 0 Å². The van der Waals surface area contributed by atoms with E-state index in [0.717, 1.165) is 0 Å². The molecule has 2 saturated heterocycles. The third-order valence-electron chi connectivity index (χ3n) is 4.53. The molecule has 3 aliphatic rings. The molecule has 18 heavy (non-hydrogen) atoms.